The molecule has 1 amide bonds. The number of hydrazone groups is 1. The Hall–Kier alpha value is -4.50. The van der Waals surface area contributed by atoms with Gasteiger partial charge in [0.2, 0.25) is 11.0 Å². The van der Waals surface area contributed by atoms with Gasteiger partial charge in [0.15, 0.2) is 0 Å². The summed E-state index contributed by atoms with van der Waals surface area (Å²) < 4.78 is 1.12. The number of hydrogen-bond donors (Lipinski definition) is 4. The van der Waals surface area contributed by atoms with Gasteiger partial charge in [-0.15, -0.1) is 0 Å². The van der Waals surface area contributed by atoms with E-state index < -0.39 is 0 Å². The van der Waals surface area contributed by atoms with E-state index in [9.17, 15) is 4.79 Å². The maximum Gasteiger partial charge on any atom is 0.243 e. The smallest absolute Gasteiger partial charge is 0.243 e. The van der Waals surface area contributed by atoms with Gasteiger partial charge in [0.25, 0.3) is 0 Å². The second-order valence-electron chi connectivity index (χ2n) is 12.6. The minimum absolute atomic E-state index is 0.109. The number of benzene rings is 3. The molecule has 8 nitrogen and oxygen atoms in total. The lowest BCUT2D eigenvalue weighted by atomic mass is 9.77. The van der Waals surface area contributed by atoms with Crippen LogP contribution in [0.1, 0.15) is 93.7 Å². The van der Waals surface area contributed by atoms with Crippen molar-refractivity contribution in [3.63, 3.8) is 0 Å². The third-order valence-electron chi connectivity index (χ3n) is 9.06. The highest BCUT2D eigenvalue weighted by atomic mass is 32.1. The highest BCUT2D eigenvalue weighted by Crippen LogP contribution is 2.38. The van der Waals surface area contributed by atoms with Crippen molar-refractivity contribution >= 4 is 56.0 Å². The molecule has 0 unspecified atom stereocenters. The molecule has 5 rings (SSSR count). The van der Waals surface area contributed by atoms with Crippen LogP contribution in [0.2, 0.25) is 0 Å². The molecule has 0 saturated heterocycles. The number of anilines is 2. The Morgan fingerprint density at radius 3 is 2.52 bits per heavy atom. The standard InChI is InChI=1S/C39H49N7OS/c1-3-11-28-14-16-29(17-15-28)31-20-23-34(32(26-31)27-43-46-39-45-35-12-7-8-13-36(35)48-39)44-38(40)30-18-21-33(22-19-30)41-24-9-5-6-10-25-42-37(47)4-2/h4,7-8,12-13,18-23,26-29,41H,2-3,5-6,9-11,14-17,24-25H2,1H3,(H2,40,44)(H,42,47)(H,45,46)/b43-27+. The fraction of sp³-hybridized carbons (Fsp3) is 0.385. The van der Waals surface area contributed by atoms with Crippen LogP contribution in [0.4, 0.5) is 16.5 Å². The van der Waals surface area contributed by atoms with Crippen LogP contribution in [-0.2, 0) is 4.79 Å². The lowest BCUT2D eigenvalue weighted by molar-refractivity contribution is -0.116. The Balaban J connectivity index is 1.22. The van der Waals surface area contributed by atoms with Crippen LogP contribution >= 0.6 is 11.3 Å². The first-order valence-electron chi connectivity index (χ1n) is 17.4. The number of aliphatic imine (C=N–C) groups is 1. The minimum Gasteiger partial charge on any atom is -0.385 e. The van der Waals surface area contributed by atoms with Crippen molar-refractivity contribution in [1.29, 1.82) is 0 Å². The molecule has 1 aromatic heterocycles. The van der Waals surface area contributed by atoms with Gasteiger partial charge in [-0.25, -0.2) is 9.98 Å². The fourth-order valence-corrected chi connectivity index (χ4v) is 7.19. The van der Waals surface area contributed by atoms with E-state index in [0.29, 0.717) is 18.3 Å². The van der Waals surface area contributed by atoms with Crippen LogP contribution in [0.3, 0.4) is 0 Å². The predicted molar refractivity (Wildman–Crippen MR) is 204 cm³/mol. The molecule has 0 radical (unpaired) electrons. The first-order chi connectivity index (χ1) is 23.5. The van der Waals surface area contributed by atoms with Gasteiger partial charge in [0.1, 0.15) is 5.84 Å². The fourth-order valence-electron chi connectivity index (χ4n) is 6.38. The zero-order valence-corrected chi connectivity index (χ0v) is 28.9. The summed E-state index contributed by atoms with van der Waals surface area (Å²) in [5.74, 6) is 1.78. The van der Waals surface area contributed by atoms with Crippen molar-refractivity contribution in [2.75, 3.05) is 23.8 Å². The van der Waals surface area contributed by atoms with E-state index in [1.54, 1.807) is 11.3 Å². The Morgan fingerprint density at radius 2 is 1.77 bits per heavy atom. The number of aromatic nitrogens is 1. The molecule has 1 aliphatic carbocycles. The summed E-state index contributed by atoms with van der Waals surface area (Å²) in [6, 6.07) is 22.8. The van der Waals surface area contributed by atoms with Crippen molar-refractivity contribution in [2.24, 2.45) is 21.7 Å². The summed E-state index contributed by atoms with van der Waals surface area (Å²) in [7, 11) is 0. The largest absolute Gasteiger partial charge is 0.385 e. The van der Waals surface area contributed by atoms with Crippen LogP contribution in [0, 0.1) is 5.92 Å². The molecule has 0 aliphatic heterocycles. The molecule has 0 atom stereocenters. The maximum absolute atomic E-state index is 11.2. The number of nitrogens with two attached hydrogens (primary N) is 1. The van der Waals surface area contributed by atoms with Gasteiger partial charge in [-0.2, -0.15) is 5.10 Å². The van der Waals surface area contributed by atoms with E-state index in [1.807, 2.05) is 48.7 Å². The number of nitrogens with one attached hydrogen (secondary N) is 3. The first kappa shape index (κ1) is 34.8. The Labute approximate surface area is 289 Å². The van der Waals surface area contributed by atoms with Crippen molar-refractivity contribution in [3.8, 4) is 0 Å². The zero-order chi connectivity index (χ0) is 33.6. The van der Waals surface area contributed by atoms with E-state index in [4.69, 9.17) is 10.7 Å². The van der Waals surface area contributed by atoms with Gasteiger partial charge in [0.05, 0.1) is 22.1 Å². The quantitative estimate of drug-likeness (QED) is 0.0296. The van der Waals surface area contributed by atoms with E-state index in [2.05, 4.69) is 63.9 Å². The highest BCUT2D eigenvalue weighted by Gasteiger charge is 2.22. The molecule has 48 heavy (non-hydrogen) atoms. The van der Waals surface area contributed by atoms with Crippen molar-refractivity contribution in [1.82, 2.24) is 10.3 Å². The number of rotatable bonds is 17. The molecule has 5 N–H and O–H groups in total. The molecule has 3 aromatic carbocycles. The van der Waals surface area contributed by atoms with Crippen LogP contribution in [-0.4, -0.2) is 36.0 Å². The first-order valence-corrected chi connectivity index (χ1v) is 18.2. The summed E-state index contributed by atoms with van der Waals surface area (Å²) in [6.45, 7) is 7.35. The van der Waals surface area contributed by atoms with E-state index in [0.717, 1.165) is 76.0 Å². The van der Waals surface area contributed by atoms with Crippen molar-refractivity contribution < 1.29 is 4.79 Å². The predicted octanol–water partition coefficient (Wildman–Crippen LogP) is 9.13. The van der Waals surface area contributed by atoms with Crippen LogP contribution in [0.25, 0.3) is 10.2 Å². The van der Waals surface area contributed by atoms with E-state index in [1.165, 1.54) is 50.2 Å². The average Bonchev–Trinajstić information content (AvgIpc) is 3.53. The van der Waals surface area contributed by atoms with Gasteiger partial charge >= 0.3 is 0 Å². The summed E-state index contributed by atoms with van der Waals surface area (Å²) in [5, 5.41) is 11.6. The molecule has 1 fully saturated rings. The second kappa shape index (κ2) is 18.2. The molecule has 0 spiro atoms. The molecular formula is C39H49N7OS. The molecule has 1 aliphatic rings. The van der Waals surface area contributed by atoms with Gasteiger partial charge in [-0.3, -0.25) is 10.2 Å². The summed E-state index contributed by atoms with van der Waals surface area (Å²) in [4.78, 5) is 20.7. The molecular weight excluding hydrogens is 615 g/mol. The number of nitrogens with zero attached hydrogens (tertiary/aromatic N) is 3. The second-order valence-corrected chi connectivity index (χ2v) is 13.6. The third kappa shape index (κ3) is 10.2. The van der Waals surface area contributed by atoms with Gasteiger partial charge in [-0.1, -0.05) is 68.7 Å². The monoisotopic (exact) mass is 663 g/mol. The normalized spacial score (nSPS) is 16.6. The number of carbonyl (C=O) groups excluding carboxylic acids is 1. The SMILES string of the molecule is C=CC(=O)NCCCCCCNc1ccc(C(N)=Nc2ccc(C3CCC(CCC)CC3)cc2/C=N/Nc2nc3ccccc3s2)cc1. The van der Waals surface area contributed by atoms with Crippen molar-refractivity contribution in [2.45, 2.75) is 77.0 Å². The Morgan fingerprint density at radius 1 is 1.00 bits per heavy atom. The lowest BCUT2D eigenvalue weighted by Gasteiger charge is -2.29. The Kier molecular flexibility index (Phi) is 13.2. The van der Waals surface area contributed by atoms with Crippen LogP contribution in [0.15, 0.2) is 89.5 Å². The maximum atomic E-state index is 11.2. The molecule has 252 valence electrons. The zero-order valence-electron chi connectivity index (χ0n) is 28.1. The van der Waals surface area contributed by atoms with Crippen molar-refractivity contribution in [3.05, 3.63) is 96.1 Å². The van der Waals surface area contributed by atoms with Crippen LogP contribution in [0.5, 0.6) is 0 Å². The molecule has 9 heteroatoms. The number of para-hydroxylation sites is 1. The average molecular weight is 664 g/mol. The number of carbonyl (C=O) groups is 1. The topological polar surface area (TPSA) is 117 Å². The molecule has 0 bridgehead atoms. The summed E-state index contributed by atoms with van der Waals surface area (Å²) in [5.41, 5.74) is 15.7. The molecule has 4 aromatic rings. The van der Waals surface area contributed by atoms with Gasteiger partial charge < -0.3 is 16.4 Å². The third-order valence-corrected chi connectivity index (χ3v) is 10.0. The highest BCUT2D eigenvalue weighted by molar-refractivity contribution is 7.22. The number of amides is 1. The summed E-state index contributed by atoms with van der Waals surface area (Å²) >= 11 is 1.58. The number of hydrogen-bond acceptors (Lipinski definition) is 7. The minimum atomic E-state index is -0.109. The van der Waals surface area contributed by atoms with Gasteiger partial charge in [-0.05, 0) is 111 Å². The van der Waals surface area contributed by atoms with E-state index >= 15 is 0 Å². The van der Waals surface area contributed by atoms with Gasteiger partial charge in [0, 0.05) is 29.9 Å². The summed E-state index contributed by atoms with van der Waals surface area (Å²) in [6.07, 6.45) is 15.0. The van der Waals surface area contributed by atoms with E-state index in [-0.39, 0.29) is 5.91 Å². The number of fused-ring (bicyclic) bond motifs is 1. The number of amidine groups is 1. The lowest BCUT2D eigenvalue weighted by Crippen LogP contribution is -2.21. The number of thiazole rings is 1. The molecule has 1 heterocycles. The van der Waals surface area contributed by atoms with Crippen LogP contribution < -0.4 is 21.8 Å². The Bertz CT molecular complexity index is 1650. The molecule has 1 saturated carbocycles. The number of unbranched alkanes of at least 4 members (excludes halogenated alkanes) is 3.